The van der Waals surface area contributed by atoms with E-state index in [0.717, 1.165) is 16.9 Å². The molecule has 96 valence electrons. The average molecular weight is 244 g/mol. The number of rotatable bonds is 3. The third-order valence-corrected chi connectivity index (χ3v) is 2.37. The van der Waals surface area contributed by atoms with Crippen molar-refractivity contribution in [1.82, 2.24) is 0 Å². The van der Waals surface area contributed by atoms with Gasteiger partial charge in [-0.15, -0.1) is 0 Å². The third-order valence-electron chi connectivity index (χ3n) is 2.37. The molecule has 17 heavy (non-hydrogen) atoms. The van der Waals surface area contributed by atoms with Crippen LogP contribution in [0.3, 0.4) is 0 Å². The van der Waals surface area contributed by atoms with E-state index in [1.54, 1.807) is 0 Å². The van der Waals surface area contributed by atoms with E-state index in [-0.39, 0.29) is 12.7 Å². The summed E-state index contributed by atoms with van der Waals surface area (Å²) in [5.41, 5.74) is 2.21. The maximum absolute atomic E-state index is 11.8. The Morgan fingerprint density at radius 3 is 2.76 bits per heavy atom. The lowest BCUT2D eigenvalue weighted by Crippen LogP contribution is -2.21. The van der Waals surface area contributed by atoms with Gasteiger partial charge in [-0.2, -0.15) is 8.78 Å². The molecule has 2 rings (SSSR count). The van der Waals surface area contributed by atoms with Crippen LogP contribution < -0.4 is 4.74 Å². The van der Waals surface area contributed by atoms with Crippen molar-refractivity contribution in [2.45, 2.75) is 39.9 Å². The number of ether oxygens (including phenoxy) is 2. The van der Waals surface area contributed by atoms with Crippen LogP contribution in [-0.2, 0) is 11.2 Å². The van der Waals surface area contributed by atoms with E-state index >= 15 is 0 Å². The minimum atomic E-state index is -2.72. The van der Waals surface area contributed by atoms with E-state index < -0.39 is 6.61 Å². The second-order valence-corrected chi connectivity index (χ2v) is 3.65. The van der Waals surface area contributed by atoms with Gasteiger partial charge in [-0.25, -0.2) is 0 Å². The highest BCUT2D eigenvalue weighted by atomic mass is 19.3. The summed E-state index contributed by atoms with van der Waals surface area (Å²) in [7, 11) is 0. The standard InChI is InChI=1S/C11H12F2O2.C2H6/c1-7-2-3-10-8(4-7)5-9(15-10)6-14-11(12)13;1-2/h2-4,9,11H,5-6H2,1H3;1-2H3. The first-order valence-electron chi connectivity index (χ1n) is 5.81. The first kappa shape index (κ1) is 13.9. The Morgan fingerprint density at radius 2 is 2.12 bits per heavy atom. The molecule has 0 radical (unpaired) electrons. The molecule has 0 saturated heterocycles. The fraction of sp³-hybridized carbons (Fsp3) is 0.538. The zero-order valence-electron chi connectivity index (χ0n) is 10.4. The summed E-state index contributed by atoms with van der Waals surface area (Å²) >= 11 is 0. The SMILES string of the molecule is CC.Cc1ccc2c(c1)CC(COC(F)F)O2. The van der Waals surface area contributed by atoms with Crippen molar-refractivity contribution in [3.05, 3.63) is 29.3 Å². The minimum absolute atomic E-state index is 0.0641. The summed E-state index contributed by atoms with van der Waals surface area (Å²) in [6, 6.07) is 5.82. The van der Waals surface area contributed by atoms with E-state index in [1.165, 1.54) is 0 Å². The highest BCUT2D eigenvalue weighted by Gasteiger charge is 2.23. The van der Waals surface area contributed by atoms with Gasteiger partial charge in [0.2, 0.25) is 0 Å². The van der Waals surface area contributed by atoms with Crippen molar-refractivity contribution in [1.29, 1.82) is 0 Å². The monoisotopic (exact) mass is 244 g/mol. The highest BCUT2D eigenvalue weighted by Crippen LogP contribution is 2.29. The smallest absolute Gasteiger partial charge is 0.345 e. The van der Waals surface area contributed by atoms with Crippen molar-refractivity contribution >= 4 is 0 Å². The Labute approximate surface area is 101 Å². The molecule has 0 amide bonds. The van der Waals surface area contributed by atoms with Gasteiger partial charge in [-0.3, -0.25) is 0 Å². The summed E-state index contributed by atoms with van der Waals surface area (Å²) in [4.78, 5) is 0. The molecule has 1 aliphatic heterocycles. The van der Waals surface area contributed by atoms with Gasteiger partial charge in [0.25, 0.3) is 0 Å². The number of benzene rings is 1. The predicted molar refractivity (Wildman–Crippen MR) is 62.6 cm³/mol. The van der Waals surface area contributed by atoms with Crippen LogP contribution in [-0.4, -0.2) is 19.3 Å². The molecule has 0 aromatic heterocycles. The van der Waals surface area contributed by atoms with Crippen LogP contribution in [0.25, 0.3) is 0 Å². The molecule has 1 aromatic carbocycles. The van der Waals surface area contributed by atoms with Gasteiger partial charge in [0, 0.05) is 6.42 Å². The predicted octanol–water partition coefficient (Wildman–Crippen LogP) is 3.56. The maximum atomic E-state index is 11.8. The lowest BCUT2D eigenvalue weighted by Gasteiger charge is -2.10. The summed E-state index contributed by atoms with van der Waals surface area (Å²) in [6.07, 6.45) is 0.361. The zero-order chi connectivity index (χ0) is 12.8. The first-order valence-corrected chi connectivity index (χ1v) is 5.81. The number of alkyl halides is 2. The Bertz CT molecular complexity index is 353. The van der Waals surface area contributed by atoms with Crippen molar-refractivity contribution < 1.29 is 18.3 Å². The average Bonchev–Trinajstić information content (AvgIpc) is 2.71. The van der Waals surface area contributed by atoms with Gasteiger partial charge in [0.1, 0.15) is 11.9 Å². The highest BCUT2D eigenvalue weighted by molar-refractivity contribution is 5.40. The van der Waals surface area contributed by atoms with Crippen LogP contribution in [0, 0.1) is 6.92 Å². The van der Waals surface area contributed by atoms with E-state index in [1.807, 2.05) is 39.0 Å². The van der Waals surface area contributed by atoms with Gasteiger partial charge in [-0.1, -0.05) is 31.5 Å². The third kappa shape index (κ3) is 3.97. The Hall–Kier alpha value is -1.16. The van der Waals surface area contributed by atoms with E-state index in [9.17, 15) is 8.78 Å². The first-order chi connectivity index (χ1) is 8.15. The molecule has 4 heteroatoms. The molecule has 0 fully saturated rings. The molecule has 0 saturated carbocycles. The molecule has 1 aromatic rings. The molecule has 0 N–H and O–H groups in total. The normalized spacial score (nSPS) is 17.2. The minimum Gasteiger partial charge on any atom is -0.487 e. The van der Waals surface area contributed by atoms with Crippen LogP contribution >= 0.6 is 0 Å². The molecule has 1 aliphatic rings. The Morgan fingerprint density at radius 1 is 1.41 bits per heavy atom. The second kappa shape index (κ2) is 6.55. The van der Waals surface area contributed by atoms with Crippen molar-refractivity contribution in [2.24, 2.45) is 0 Å². The fourth-order valence-electron chi connectivity index (χ4n) is 1.72. The number of hydrogen-bond donors (Lipinski definition) is 0. The Balaban J connectivity index is 0.000000686. The quantitative estimate of drug-likeness (QED) is 0.809. The van der Waals surface area contributed by atoms with Crippen LogP contribution in [0.2, 0.25) is 0 Å². The van der Waals surface area contributed by atoms with Gasteiger partial charge in [0.05, 0.1) is 6.61 Å². The van der Waals surface area contributed by atoms with E-state index in [4.69, 9.17) is 4.74 Å². The van der Waals surface area contributed by atoms with Gasteiger partial charge < -0.3 is 9.47 Å². The van der Waals surface area contributed by atoms with Crippen molar-refractivity contribution in [3.63, 3.8) is 0 Å². The lowest BCUT2D eigenvalue weighted by molar-refractivity contribution is -0.142. The number of aryl methyl sites for hydroxylation is 1. The van der Waals surface area contributed by atoms with Crippen molar-refractivity contribution in [2.75, 3.05) is 6.61 Å². The van der Waals surface area contributed by atoms with Gasteiger partial charge in [-0.05, 0) is 18.6 Å². The number of hydrogen-bond acceptors (Lipinski definition) is 2. The number of halogens is 2. The summed E-state index contributed by atoms with van der Waals surface area (Å²) in [5.74, 6) is 0.781. The largest absolute Gasteiger partial charge is 0.487 e. The van der Waals surface area contributed by atoms with Crippen LogP contribution in [0.15, 0.2) is 18.2 Å². The Kier molecular flexibility index (Phi) is 5.35. The van der Waals surface area contributed by atoms with Crippen LogP contribution in [0.1, 0.15) is 25.0 Å². The number of fused-ring (bicyclic) bond motifs is 1. The summed E-state index contributed by atoms with van der Waals surface area (Å²) < 4.78 is 33.3. The van der Waals surface area contributed by atoms with Crippen LogP contribution in [0.5, 0.6) is 5.75 Å². The lowest BCUT2D eigenvalue weighted by atomic mass is 10.1. The van der Waals surface area contributed by atoms with Gasteiger partial charge in [0.15, 0.2) is 0 Å². The summed E-state index contributed by atoms with van der Waals surface area (Å²) in [6.45, 7) is 3.20. The molecule has 1 heterocycles. The summed E-state index contributed by atoms with van der Waals surface area (Å²) in [5, 5.41) is 0. The maximum Gasteiger partial charge on any atom is 0.345 e. The molecule has 0 spiro atoms. The van der Waals surface area contributed by atoms with Gasteiger partial charge >= 0.3 is 6.61 Å². The zero-order valence-corrected chi connectivity index (χ0v) is 10.4. The topological polar surface area (TPSA) is 18.5 Å². The molecule has 0 aliphatic carbocycles. The molecule has 1 atom stereocenters. The molecule has 2 nitrogen and oxygen atoms in total. The second-order valence-electron chi connectivity index (χ2n) is 3.65. The van der Waals surface area contributed by atoms with Crippen LogP contribution in [0.4, 0.5) is 8.78 Å². The molecular weight excluding hydrogens is 226 g/mol. The molecule has 0 bridgehead atoms. The fourth-order valence-corrected chi connectivity index (χ4v) is 1.72. The van der Waals surface area contributed by atoms with E-state index in [0.29, 0.717) is 6.42 Å². The molecular formula is C13H18F2O2. The molecule has 1 unspecified atom stereocenters. The van der Waals surface area contributed by atoms with Crippen molar-refractivity contribution in [3.8, 4) is 5.75 Å². The van der Waals surface area contributed by atoms with E-state index in [2.05, 4.69) is 4.74 Å².